The van der Waals surface area contributed by atoms with E-state index in [9.17, 15) is 0 Å². The highest BCUT2D eigenvalue weighted by Gasteiger charge is 2.13. The number of rotatable bonds is 6. The van der Waals surface area contributed by atoms with Gasteiger partial charge in [0.15, 0.2) is 11.5 Å². The van der Waals surface area contributed by atoms with Crippen LogP contribution in [0.4, 0.5) is 0 Å². The van der Waals surface area contributed by atoms with Crippen LogP contribution in [0, 0.1) is 12.3 Å². The molecule has 0 fully saturated rings. The molecule has 2 aromatic heterocycles. The normalized spacial score (nSPS) is 10.5. The van der Waals surface area contributed by atoms with Crippen LogP contribution in [0.3, 0.4) is 0 Å². The molecule has 3 rings (SSSR count). The summed E-state index contributed by atoms with van der Waals surface area (Å²) in [6, 6.07) is 5.84. The predicted molar refractivity (Wildman–Crippen MR) is 108 cm³/mol. The van der Waals surface area contributed by atoms with E-state index in [1.165, 1.54) is 0 Å². The molecule has 1 aromatic carbocycles. The maximum absolute atomic E-state index is 5.91. The van der Waals surface area contributed by atoms with Gasteiger partial charge in [-0.3, -0.25) is 0 Å². The van der Waals surface area contributed by atoms with E-state index in [1.54, 1.807) is 13.3 Å². The number of nitrogens with zero attached hydrogens (tertiary/aromatic N) is 2. The minimum Gasteiger partial charge on any atom is -0.493 e. The molecule has 0 aliphatic carbocycles. The fraction of sp³-hybridized carbons (Fsp3) is 0.381. The van der Waals surface area contributed by atoms with Crippen LogP contribution in [-0.4, -0.2) is 49.2 Å². The van der Waals surface area contributed by atoms with Crippen molar-refractivity contribution in [2.45, 2.75) is 20.3 Å². The first-order valence-electron chi connectivity index (χ1n) is 8.86. The van der Waals surface area contributed by atoms with E-state index < -0.39 is 0 Å². The number of terminal acetylenes is 1. The molecule has 26 heavy (non-hydrogen) atoms. The molecule has 0 bridgehead atoms. The maximum atomic E-state index is 5.91. The van der Waals surface area contributed by atoms with E-state index in [-0.39, 0.29) is 0 Å². The minimum atomic E-state index is 0.625. The Labute approximate surface area is 155 Å². The lowest BCUT2D eigenvalue weighted by atomic mass is 10.1. The number of H-pyrrole nitrogens is 1. The zero-order valence-electron chi connectivity index (χ0n) is 16.2. The van der Waals surface area contributed by atoms with Gasteiger partial charge in [-0.15, -0.1) is 6.42 Å². The number of aromatic nitrogens is 2. The summed E-state index contributed by atoms with van der Waals surface area (Å²) in [5, 5.41) is 1.93. The predicted octanol–water partition coefficient (Wildman–Crippen LogP) is 4.06. The van der Waals surface area contributed by atoms with Crippen molar-refractivity contribution in [3.63, 3.8) is 0 Å². The second-order valence-corrected chi connectivity index (χ2v) is 5.91. The Morgan fingerprint density at radius 3 is 2.62 bits per heavy atom. The monoisotopic (exact) mass is 353 g/mol. The zero-order valence-corrected chi connectivity index (χ0v) is 16.2. The van der Waals surface area contributed by atoms with E-state index in [4.69, 9.17) is 15.9 Å². The Balaban J connectivity index is 0.00000117. The van der Waals surface area contributed by atoms with Gasteiger partial charge in [-0.25, -0.2) is 4.98 Å². The average Bonchev–Trinajstić information content (AvgIpc) is 3.03. The molecule has 0 radical (unpaired) electrons. The summed E-state index contributed by atoms with van der Waals surface area (Å²) < 4.78 is 11.4. The Hall–Kier alpha value is -2.71. The van der Waals surface area contributed by atoms with Crippen molar-refractivity contribution in [3.05, 3.63) is 30.1 Å². The first kappa shape index (κ1) is 19.6. The number of methoxy groups -OCH3 is 1. The van der Waals surface area contributed by atoms with Crippen LogP contribution in [0.2, 0.25) is 0 Å². The molecule has 2 heterocycles. The molecule has 0 amide bonds. The van der Waals surface area contributed by atoms with Crippen molar-refractivity contribution in [2.24, 2.45) is 0 Å². The summed E-state index contributed by atoms with van der Waals surface area (Å²) in [5.41, 5.74) is 2.54. The zero-order chi connectivity index (χ0) is 19.1. The fourth-order valence-electron chi connectivity index (χ4n) is 2.80. The van der Waals surface area contributed by atoms with Gasteiger partial charge >= 0.3 is 0 Å². The molecule has 0 atom stereocenters. The highest BCUT2D eigenvalue weighted by Crippen LogP contribution is 2.36. The third-order valence-corrected chi connectivity index (χ3v) is 3.94. The summed E-state index contributed by atoms with van der Waals surface area (Å²) in [7, 11) is 5.74. The van der Waals surface area contributed by atoms with Gasteiger partial charge in [0.2, 0.25) is 0 Å². The van der Waals surface area contributed by atoms with Gasteiger partial charge in [0.05, 0.1) is 24.8 Å². The lowest BCUT2D eigenvalue weighted by Crippen LogP contribution is -2.15. The SMILES string of the molecule is C#Cc1nccc2[nH]c3cc(OCCCN(C)C)c(OC)cc3c12.CC. The van der Waals surface area contributed by atoms with Crippen molar-refractivity contribution < 1.29 is 9.47 Å². The van der Waals surface area contributed by atoms with Gasteiger partial charge in [0.25, 0.3) is 0 Å². The molecule has 5 nitrogen and oxygen atoms in total. The topological polar surface area (TPSA) is 50.4 Å². The first-order chi connectivity index (χ1) is 12.6. The molecular formula is C21H27N3O2. The van der Waals surface area contributed by atoms with Crippen LogP contribution in [0.5, 0.6) is 11.5 Å². The van der Waals surface area contributed by atoms with Crippen molar-refractivity contribution in [1.29, 1.82) is 0 Å². The molecule has 3 aromatic rings. The summed E-state index contributed by atoms with van der Waals surface area (Å²) >= 11 is 0. The van der Waals surface area contributed by atoms with E-state index in [1.807, 2.05) is 46.1 Å². The summed E-state index contributed by atoms with van der Waals surface area (Å²) in [4.78, 5) is 9.78. The van der Waals surface area contributed by atoms with Gasteiger partial charge in [-0.05, 0) is 38.6 Å². The number of ether oxygens (including phenoxy) is 2. The van der Waals surface area contributed by atoms with E-state index in [0.717, 1.165) is 40.5 Å². The lowest BCUT2D eigenvalue weighted by Gasteiger charge is -2.13. The van der Waals surface area contributed by atoms with Crippen molar-refractivity contribution in [1.82, 2.24) is 14.9 Å². The van der Waals surface area contributed by atoms with Gasteiger partial charge < -0.3 is 19.4 Å². The van der Waals surface area contributed by atoms with Crippen molar-refractivity contribution >= 4 is 21.8 Å². The number of pyridine rings is 1. The third-order valence-electron chi connectivity index (χ3n) is 3.94. The number of nitrogens with one attached hydrogen (secondary N) is 1. The standard InChI is InChI=1S/C19H21N3O2.C2H6/c1-5-14-19-13-11-17(23-4)18(24-10-6-9-22(2)3)12-16(13)21-15(19)7-8-20-14;1-2/h1,7-8,11-12,21H,6,9-10H2,2-4H3;1-2H3. The third kappa shape index (κ3) is 4.09. The molecule has 1 N–H and O–H groups in total. The highest BCUT2D eigenvalue weighted by molar-refractivity contribution is 6.10. The largest absolute Gasteiger partial charge is 0.493 e. The molecule has 138 valence electrons. The fourth-order valence-corrected chi connectivity index (χ4v) is 2.80. The van der Waals surface area contributed by atoms with Crippen LogP contribution < -0.4 is 9.47 Å². The van der Waals surface area contributed by atoms with Crippen LogP contribution in [0.1, 0.15) is 26.0 Å². The van der Waals surface area contributed by atoms with Gasteiger partial charge in [-0.1, -0.05) is 13.8 Å². The molecule has 0 unspecified atom stereocenters. The minimum absolute atomic E-state index is 0.625. The smallest absolute Gasteiger partial charge is 0.163 e. The maximum Gasteiger partial charge on any atom is 0.163 e. The van der Waals surface area contributed by atoms with Crippen LogP contribution in [0.15, 0.2) is 24.4 Å². The van der Waals surface area contributed by atoms with E-state index in [2.05, 4.69) is 20.8 Å². The Kier molecular flexibility index (Phi) is 6.88. The molecule has 0 saturated heterocycles. The first-order valence-corrected chi connectivity index (χ1v) is 8.86. The number of benzene rings is 1. The quantitative estimate of drug-likeness (QED) is 0.536. The molecular weight excluding hydrogens is 326 g/mol. The Bertz CT molecular complexity index is 907. The second kappa shape index (κ2) is 9.12. The number of hydrogen-bond donors (Lipinski definition) is 1. The summed E-state index contributed by atoms with van der Waals surface area (Å²) in [5.74, 6) is 4.07. The second-order valence-electron chi connectivity index (χ2n) is 5.91. The number of fused-ring (bicyclic) bond motifs is 3. The molecule has 0 spiro atoms. The van der Waals surface area contributed by atoms with Crippen LogP contribution in [-0.2, 0) is 0 Å². The molecule has 0 aliphatic rings. The number of hydrogen-bond acceptors (Lipinski definition) is 4. The number of aromatic amines is 1. The molecule has 5 heteroatoms. The highest BCUT2D eigenvalue weighted by atomic mass is 16.5. The van der Waals surface area contributed by atoms with Gasteiger partial charge in [-0.2, -0.15) is 0 Å². The van der Waals surface area contributed by atoms with E-state index >= 15 is 0 Å². The lowest BCUT2D eigenvalue weighted by molar-refractivity contribution is 0.268. The average molecular weight is 353 g/mol. The molecule has 0 saturated carbocycles. The summed E-state index contributed by atoms with van der Waals surface area (Å²) in [6.07, 6.45) is 8.25. The molecule has 0 aliphatic heterocycles. The van der Waals surface area contributed by atoms with Crippen molar-refractivity contribution in [2.75, 3.05) is 34.4 Å². The summed E-state index contributed by atoms with van der Waals surface area (Å²) in [6.45, 7) is 5.62. The Morgan fingerprint density at radius 1 is 1.19 bits per heavy atom. The van der Waals surface area contributed by atoms with Crippen molar-refractivity contribution in [3.8, 4) is 23.8 Å². The van der Waals surface area contributed by atoms with Gasteiger partial charge in [0.1, 0.15) is 5.69 Å². The van der Waals surface area contributed by atoms with Crippen LogP contribution >= 0.6 is 0 Å². The van der Waals surface area contributed by atoms with Crippen LogP contribution in [0.25, 0.3) is 21.8 Å². The Morgan fingerprint density at radius 2 is 1.96 bits per heavy atom. The van der Waals surface area contributed by atoms with E-state index in [0.29, 0.717) is 18.1 Å². The van der Waals surface area contributed by atoms with Gasteiger partial charge in [0, 0.05) is 29.6 Å².